The van der Waals surface area contributed by atoms with Crippen LogP contribution in [0.5, 0.6) is 0 Å². The van der Waals surface area contributed by atoms with Gasteiger partial charge in [0.15, 0.2) is 0 Å². The number of aromatic nitrogens is 2. The highest BCUT2D eigenvalue weighted by atomic mass is 32.2. The van der Waals surface area contributed by atoms with E-state index in [1.807, 2.05) is 6.92 Å². The van der Waals surface area contributed by atoms with Crippen molar-refractivity contribution in [1.82, 2.24) is 9.97 Å². The topological polar surface area (TPSA) is 68.9 Å². The first-order valence-corrected chi connectivity index (χ1v) is 8.07. The van der Waals surface area contributed by atoms with Gasteiger partial charge in [0, 0.05) is 10.3 Å². The molecule has 19 heavy (non-hydrogen) atoms. The molecular weight excluding hydrogens is 278 g/mol. The minimum Gasteiger partial charge on any atom is -0.369 e. The number of thioether (sulfide) groups is 1. The summed E-state index contributed by atoms with van der Waals surface area (Å²) in [7, 11) is 0. The summed E-state index contributed by atoms with van der Waals surface area (Å²) < 4.78 is 0. The van der Waals surface area contributed by atoms with Crippen molar-refractivity contribution in [1.29, 1.82) is 0 Å². The SMILES string of the molecule is C[C@H](Sc1ncnc2sc3c(c12)CCCC3)C(N)=O. The third kappa shape index (κ3) is 2.34. The summed E-state index contributed by atoms with van der Waals surface area (Å²) in [5.74, 6) is -0.305. The van der Waals surface area contributed by atoms with Gasteiger partial charge in [0.25, 0.3) is 0 Å². The Balaban J connectivity index is 2.09. The van der Waals surface area contributed by atoms with Crippen LogP contribution < -0.4 is 5.73 Å². The van der Waals surface area contributed by atoms with Gasteiger partial charge in [0.05, 0.1) is 5.25 Å². The molecule has 2 aromatic heterocycles. The molecule has 1 amide bonds. The molecular formula is C13H15N3OS2. The van der Waals surface area contributed by atoms with E-state index in [-0.39, 0.29) is 11.2 Å². The molecule has 4 nitrogen and oxygen atoms in total. The zero-order valence-electron chi connectivity index (χ0n) is 10.7. The first-order valence-electron chi connectivity index (χ1n) is 6.38. The van der Waals surface area contributed by atoms with Gasteiger partial charge in [-0.05, 0) is 38.2 Å². The van der Waals surface area contributed by atoms with Gasteiger partial charge in [-0.3, -0.25) is 4.79 Å². The van der Waals surface area contributed by atoms with Gasteiger partial charge in [-0.15, -0.1) is 11.3 Å². The number of nitrogens with two attached hydrogens (primary N) is 1. The third-order valence-electron chi connectivity index (χ3n) is 3.41. The average molecular weight is 293 g/mol. The Morgan fingerprint density at radius 2 is 2.21 bits per heavy atom. The Labute approximate surface area is 119 Å². The number of aryl methyl sites for hydroxylation is 2. The standard InChI is InChI=1S/C13H15N3OS2/c1-7(11(14)17)18-12-10-8-4-2-3-5-9(8)19-13(10)16-6-15-12/h6-7H,2-5H2,1H3,(H2,14,17)/t7-/m0/s1. The molecule has 100 valence electrons. The van der Waals surface area contributed by atoms with E-state index >= 15 is 0 Å². The van der Waals surface area contributed by atoms with Gasteiger partial charge in [0.2, 0.25) is 5.91 Å². The molecule has 0 fully saturated rings. The van der Waals surface area contributed by atoms with Crippen molar-refractivity contribution >= 4 is 39.2 Å². The molecule has 6 heteroatoms. The van der Waals surface area contributed by atoms with Crippen LogP contribution in [0.1, 0.15) is 30.2 Å². The van der Waals surface area contributed by atoms with Crippen LogP contribution in [0.4, 0.5) is 0 Å². The molecule has 0 saturated heterocycles. The highest BCUT2D eigenvalue weighted by Crippen LogP contribution is 2.39. The number of rotatable bonds is 3. The van der Waals surface area contributed by atoms with Crippen molar-refractivity contribution in [2.24, 2.45) is 5.73 Å². The number of nitrogens with zero attached hydrogens (tertiary/aromatic N) is 2. The summed E-state index contributed by atoms with van der Waals surface area (Å²) in [6.07, 6.45) is 6.31. The van der Waals surface area contributed by atoms with Gasteiger partial charge in [-0.1, -0.05) is 11.8 Å². The van der Waals surface area contributed by atoms with Gasteiger partial charge in [-0.25, -0.2) is 9.97 Å². The second-order valence-electron chi connectivity index (χ2n) is 4.73. The fraction of sp³-hybridized carbons (Fsp3) is 0.462. The van der Waals surface area contributed by atoms with Crippen LogP contribution in [0.2, 0.25) is 0 Å². The maximum Gasteiger partial charge on any atom is 0.230 e. The molecule has 0 spiro atoms. The van der Waals surface area contributed by atoms with E-state index in [0.717, 1.165) is 28.1 Å². The highest BCUT2D eigenvalue weighted by Gasteiger charge is 2.21. The van der Waals surface area contributed by atoms with E-state index in [9.17, 15) is 4.79 Å². The lowest BCUT2D eigenvalue weighted by Crippen LogP contribution is -2.22. The Bertz CT molecular complexity index is 638. The van der Waals surface area contributed by atoms with E-state index in [1.165, 1.54) is 35.0 Å². The summed E-state index contributed by atoms with van der Waals surface area (Å²) in [5.41, 5.74) is 6.73. The summed E-state index contributed by atoms with van der Waals surface area (Å²) in [6.45, 7) is 1.82. The molecule has 1 aliphatic rings. The molecule has 0 unspecified atom stereocenters. The molecule has 2 N–H and O–H groups in total. The lowest BCUT2D eigenvalue weighted by molar-refractivity contribution is -0.117. The fourth-order valence-corrected chi connectivity index (χ4v) is 4.57. The largest absolute Gasteiger partial charge is 0.369 e. The molecule has 0 saturated carbocycles. The lowest BCUT2D eigenvalue weighted by atomic mass is 9.97. The Hall–Kier alpha value is -1.14. The molecule has 3 rings (SSSR count). The second kappa shape index (κ2) is 5.09. The van der Waals surface area contributed by atoms with E-state index < -0.39 is 0 Å². The van der Waals surface area contributed by atoms with Crippen molar-refractivity contribution in [3.63, 3.8) is 0 Å². The maximum absolute atomic E-state index is 11.2. The molecule has 0 radical (unpaired) electrons. The number of hydrogen-bond donors (Lipinski definition) is 1. The van der Waals surface area contributed by atoms with Crippen LogP contribution >= 0.6 is 23.1 Å². The molecule has 2 aromatic rings. The fourth-order valence-electron chi connectivity index (χ4n) is 2.38. The number of hydrogen-bond acceptors (Lipinski definition) is 5. The second-order valence-corrected chi connectivity index (χ2v) is 7.15. The van der Waals surface area contributed by atoms with Gasteiger partial charge < -0.3 is 5.73 Å². The number of fused-ring (bicyclic) bond motifs is 3. The summed E-state index contributed by atoms with van der Waals surface area (Å²) >= 11 is 3.21. The van der Waals surface area contributed by atoms with Gasteiger partial charge >= 0.3 is 0 Å². The van der Waals surface area contributed by atoms with Crippen molar-refractivity contribution in [3.8, 4) is 0 Å². The van der Waals surface area contributed by atoms with Crippen LogP contribution in [0.25, 0.3) is 10.2 Å². The number of amides is 1. The number of carbonyl (C=O) groups is 1. The van der Waals surface area contributed by atoms with Crippen LogP contribution in [0.3, 0.4) is 0 Å². The van der Waals surface area contributed by atoms with Crippen molar-refractivity contribution in [2.45, 2.75) is 42.9 Å². The third-order valence-corrected chi connectivity index (χ3v) is 5.72. The zero-order chi connectivity index (χ0) is 13.4. The maximum atomic E-state index is 11.2. The Kier molecular flexibility index (Phi) is 3.45. The molecule has 1 atom stereocenters. The lowest BCUT2D eigenvalue weighted by Gasteiger charge is -2.12. The first kappa shape index (κ1) is 12.9. The van der Waals surface area contributed by atoms with Crippen LogP contribution in [-0.2, 0) is 17.6 Å². The van der Waals surface area contributed by atoms with Crippen molar-refractivity contribution in [3.05, 3.63) is 16.8 Å². The quantitative estimate of drug-likeness (QED) is 0.697. The summed E-state index contributed by atoms with van der Waals surface area (Å²) in [6, 6.07) is 0. The summed E-state index contributed by atoms with van der Waals surface area (Å²) in [4.78, 5) is 22.4. The predicted molar refractivity (Wildman–Crippen MR) is 78.6 cm³/mol. The predicted octanol–water partition coefficient (Wildman–Crippen LogP) is 2.54. The van der Waals surface area contributed by atoms with E-state index in [2.05, 4.69) is 9.97 Å². The number of primary amides is 1. The molecule has 0 aromatic carbocycles. The smallest absolute Gasteiger partial charge is 0.230 e. The normalized spacial score (nSPS) is 16.3. The van der Waals surface area contributed by atoms with E-state index in [1.54, 1.807) is 17.7 Å². The number of thiophene rings is 1. The average Bonchev–Trinajstić information content (AvgIpc) is 2.77. The minimum atomic E-state index is -0.305. The Morgan fingerprint density at radius 1 is 1.42 bits per heavy atom. The van der Waals surface area contributed by atoms with Crippen molar-refractivity contribution < 1.29 is 4.79 Å². The molecule has 0 bridgehead atoms. The van der Waals surface area contributed by atoms with Crippen LogP contribution in [0, 0.1) is 0 Å². The summed E-state index contributed by atoms with van der Waals surface area (Å²) in [5, 5.41) is 1.79. The monoisotopic (exact) mass is 293 g/mol. The van der Waals surface area contributed by atoms with Crippen LogP contribution in [-0.4, -0.2) is 21.1 Å². The van der Waals surface area contributed by atoms with Crippen molar-refractivity contribution in [2.75, 3.05) is 0 Å². The minimum absolute atomic E-state index is 0.266. The van der Waals surface area contributed by atoms with Gasteiger partial charge in [0.1, 0.15) is 16.2 Å². The molecule has 2 heterocycles. The van der Waals surface area contributed by atoms with E-state index in [0.29, 0.717) is 0 Å². The Morgan fingerprint density at radius 3 is 3.00 bits per heavy atom. The molecule has 1 aliphatic carbocycles. The van der Waals surface area contributed by atoms with Gasteiger partial charge in [-0.2, -0.15) is 0 Å². The highest BCUT2D eigenvalue weighted by molar-refractivity contribution is 8.00. The zero-order valence-corrected chi connectivity index (χ0v) is 12.3. The molecule has 0 aliphatic heterocycles. The van der Waals surface area contributed by atoms with Crippen LogP contribution in [0.15, 0.2) is 11.4 Å². The van der Waals surface area contributed by atoms with E-state index in [4.69, 9.17) is 5.73 Å². The number of carbonyl (C=O) groups excluding carboxylic acids is 1. The first-order chi connectivity index (χ1) is 9.16.